The molecule has 1 aliphatic rings. The molecule has 1 amide bonds. The lowest BCUT2D eigenvalue weighted by Crippen LogP contribution is -2.36. The van der Waals surface area contributed by atoms with Crippen molar-refractivity contribution in [2.45, 2.75) is 56.5 Å². The van der Waals surface area contributed by atoms with Crippen LogP contribution in [0, 0.1) is 6.92 Å². The van der Waals surface area contributed by atoms with Gasteiger partial charge in [0.25, 0.3) is 5.91 Å². The summed E-state index contributed by atoms with van der Waals surface area (Å²) in [6, 6.07) is 6.90. The summed E-state index contributed by atoms with van der Waals surface area (Å²) in [6.07, 6.45) is 8.42. The highest BCUT2D eigenvalue weighted by Gasteiger charge is 2.22. The van der Waals surface area contributed by atoms with Crippen molar-refractivity contribution in [2.75, 3.05) is 7.05 Å². The predicted octanol–water partition coefficient (Wildman–Crippen LogP) is 2.67. The lowest BCUT2D eigenvalue weighted by Gasteiger charge is -2.22. The number of carbonyl (C=O) groups excluding carboxylic acids is 1. The van der Waals surface area contributed by atoms with Gasteiger partial charge in [-0.25, -0.2) is 18.4 Å². The van der Waals surface area contributed by atoms with E-state index in [-0.39, 0.29) is 23.4 Å². The third-order valence-corrected chi connectivity index (χ3v) is 6.82. The van der Waals surface area contributed by atoms with E-state index in [0.29, 0.717) is 11.4 Å². The molecule has 3 rings (SSSR count). The van der Waals surface area contributed by atoms with Gasteiger partial charge in [-0.15, -0.1) is 0 Å². The Kier molecular flexibility index (Phi) is 6.41. The lowest BCUT2D eigenvalue weighted by molar-refractivity contribution is 0.0927. The first kappa shape index (κ1) is 20.4. The Morgan fingerprint density at radius 3 is 2.32 bits per heavy atom. The summed E-state index contributed by atoms with van der Waals surface area (Å²) in [5, 5.41) is 3.02. The number of rotatable bonds is 6. The largest absolute Gasteiger partial charge is 0.349 e. The quantitative estimate of drug-likeness (QED) is 0.802. The average molecular weight is 403 g/mol. The van der Waals surface area contributed by atoms with Crippen molar-refractivity contribution >= 4 is 15.9 Å². The minimum atomic E-state index is -3.63. The second kappa shape index (κ2) is 8.79. The topological polar surface area (TPSA) is 92.3 Å². The van der Waals surface area contributed by atoms with Crippen LogP contribution >= 0.6 is 0 Å². The molecule has 0 unspecified atom stereocenters. The fourth-order valence-electron chi connectivity index (χ4n) is 3.24. The molecule has 1 heterocycles. The number of carbonyl (C=O) groups is 1. The molecule has 0 aliphatic heterocycles. The van der Waals surface area contributed by atoms with Crippen LogP contribution in [-0.4, -0.2) is 41.7 Å². The van der Waals surface area contributed by atoms with Crippen LogP contribution in [0.1, 0.15) is 53.8 Å². The van der Waals surface area contributed by atoms with Gasteiger partial charge in [0.05, 0.1) is 17.0 Å². The number of hydrogen-bond donors (Lipinski definition) is 1. The fraction of sp³-hybridized carbons (Fsp3) is 0.450. The zero-order chi connectivity index (χ0) is 20.1. The number of aromatic nitrogens is 2. The van der Waals surface area contributed by atoms with E-state index in [1.807, 2.05) is 6.92 Å². The van der Waals surface area contributed by atoms with Crippen LogP contribution < -0.4 is 5.32 Å². The van der Waals surface area contributed by atoms with E-state index >= 15 is 0 Å². The first-order chi connectivity index (χ1) is 13.4. The number of nitrogens with one attached hydrogen (secondary N) is 1. The Bertz CT molecular complexity index is 905. The van der Waals surface area contributed by atoms with Crippen LogP contribution in [0.4, 0.5) is 0 Å². The van der Waals surface area contributed by atoms with E-state index in [4.69, 9.17) is 0 Å². The van der Waals surface area contributed by atoms with Gasteiger partial charge in [0, 0.05) is 25.5 Å². The molecule has 0 radical (unpaired) electrons. The summed E-state index contributed by atoms with van der Waals surface area (Å²) in [6.45, 7) is 1.93. The highest BCUT2D eigenvalue weighted by molar-refractivity contribution is 7.89. The van der Waals surface area contributed by atoms with Crippen molar-refractivity contribution in [3.63, 3.8) is 0 Å². The van der Waals surface area contributed by atoms with Crippen LogP contribution in [0.25, 0.3) is 0 Å². The Labute approximate surface area is 166 Å². The van der Waals surface area contributed by atoms with E-state index in [9.17, 15) is 13.2 Å². The van der Waals surface area contributed by atoms with Crippen molar-refractivity contribution in [3.05, 3.63) is 53.6 Å². The third kappa shape index (κ3) is 4.94. The van der Waals surface area contributed by atoms with Crippen molar-refractivity contribution < 1.29 is 13.2 Å². The maximum Gasteiger partial charge on any atom is 0.254 e. The molecular weight excluding hydrogens is 376 g/mol. The molecule has 150 valence electrons. The molecule has 0 bridgehead atoms. The van der Waals surface area contributed by atoms with Gasteiger partial charge >= 0.3 is 0 Å². The molecule has 1 N–H and O–H groups in total. The lowest BCUT2D eigenvalue weighted by atomic mass is 9.95. The van der Waals surface area contributed by atoms with Crippen LogP contribution in [-0.2, 0) is 16.6 Å². The fourth-order valence-corrected chi connectivity index (χ4v) is 4.37. The third-order valence-electron chi connectivity index (χ3n) is 5.00. The first-order valence-corrected chi connectivity index (χ1v) is 10.9. The molecule has 1 aromatic carbocycles. The summed E-state index contributed by atoms with van der Waals surface area (Å²) < 4.78 is 26.5. The van der Waals surface area contributed by atoms with Crippen molar-refractivity contribution in [3.8, 4) is 0 Å². The normalized spacial score (nSPS) is 15.5. The van der Waals surface area contributed by atoms with Gasteiger partial charge in [-0.05, 0) is 31.9 Å². The first-order valence-electron chi connectivity index (χ1n) is 9.51. The van der Waals surface area contributed by atoms with Gasteiger partial charge in [0.15, 0.2) is 0 Å². The summed E-state index contributed by atoms with van der Waals surface area (Å²) in [5.74, 6) is 0.159. The highest BCUT2D eigenvalue weighted by atomic mass is 32.2. The molecule has 0 atom stereocenters. The van der Waals surface area contributed by atoms with Gasteiger partial charge < -0.3 is 5.32 Å². The standard InChI is InChI=1S/C20H26N4O3S/c1-15-8-10-18(11-9-15)28(26,27)24(2)14-19-21-12-16(13-22-19)20(25)23-17-6-4-3-5-7-17/h8-13,17H,3-7,14H2,1-2H3,(H,23,25). The van der Waals surface area contributed by atoms with Crippen molar-refractivity contribution in [2.24, 2.45) is 0 Å². The minimum Gasteiger partial charge on any atom is -0.349 e. The zero-order valence-corrected chi connectivity index (χ0v) is 17.1. The number of sulfonamides is 1. The van der Waals surface area contributed by atoms with Gasteiger partial charge in [-0.3, -0.25) is 4.79 Å². The molecule has 0 saturated heterocycles. The Balaban J connectivity index is 1.63. The van der Waals surface area contributed by atoms with Crippen LogP contribution in [0.3, 0.4) is 0 Å². The maximum atomic E-state index is 12.7. The summed E-state index contributed by atoms with van der Waals surface area (Å²) >= 11 is 0. The second-order valence-electron chi connectivity index (χ2n) is 7.27. The Morgan fingerprint density at radius 1 is 1.11 bits per heavy atom. The summed E-state index contributed by atoms with van der Waals surface area (Å²) in [7, 11) is -2.14. The number of amides is 1. The van der Waals surface area contributed by atoms with E-state index in [2.05, 4.69) is 15.3 Å². The molecule has 1 aromatic heterocycles. The number of nitrogens with zero attached hydrogens (tertiary/aromatic N) is 3. The Morgan fingerprint density at radius 2 is 1.71 bits per heavy atom. The van der Waals surface area contributed by atoms with E-state index in [1.54, 1.807) is 24.3 Å². The molecule has 1 saturated carbocycles. The van der Waals surface area contributed by atoms with E-state index < -0.39 is 10.0 Å². The van der Waals surface area contributed by atoms with Gasteiger partial charge in [-0.2, -0.15) is 4.31 Å². The van der Waals surface area contributed by atoms with Crippen molar-refractivity contribution in [1.82, 2.24) is 19.6 Å². The molecule has 8 heteroatoms. The highest BCUT2D eigenvalue weighted by Crippen LogP contribution is 2.18. The minimum absolute atomic E-state index is 0.0285. The van der Waals surface area contributed by atoms with Crippen molar-refractivity contribution in [1.29, 1.82) is 0 Å². The van der Waals surface area contributed by atoms with Gasteiger partial charge in [0.1, 0.15) is 5.82 Å². The molecule has 28 heavy (non-hydrogen) atoms. The summed E-state index contributed by atoms with van der Waals surface area (Å²) in [5.41, 5.74) is 1.38. The molecule has 7 nitrogen and oxygen atoms in total. The molecule has 1 aliphatic carbocycles. The summed E-state index contributed by atoms with van der Waals surface area (Å²) in [4.78, 5) is 20.9. The van der Waals surface area contributed by atoms with Crippen LogP contribution in [0.5, 0.6) is 0 Å². The smallest absolute Gasteiger partial charge is 0.254 e. The second-order valence-corrected chi connectivity index (χ2v) is 9.32. The number of aryl methyl sites for hydroxylation is 1. The SMILES string of the molecule is Cc1ccc(S(=O)(=O)N(C)Cc2ncc(C(=O)NC3CCCCC3)cn2)cc1. The van der Waals surface area contributed by atoms with E-state index in [1.165, 1.54) is 30.2 Å². The monoisotopic (exact) mass is 402 g/mol. The predicted molar refractivity (Wildman–Crippen MR) is 106 cm³/mol. The molecule has 1 fully saturated rings. The zero-order valence-electron chi connectivity index (χ0n) is 16.3. The average Bonchev–Trinajstić information content (AvgIpc) is 2.69. The van der Waals surface area contributed by atoms with Gasteiger partial charge in [-0.1, -0.05) is 37.0 Å². The molecule has 2 aromatic rings. The maximum absolute atomic E-state index is 12.7. The van der Waals surface area contributed by atoms with E-state index in [0.717, 1.165) is 31.2 Å². The van der Waals surface area contributed by atoms with Gasteiger partial charge in [0.2, 0.25) is 10.0 Å². The molecule has 0 spiro atoms. The van der Waals surface area contributed by atoms with Crippen LogP contribution in [0.15, 0.2) is 41.6 Å². The van der Waals surface area contributed by atoms with Crippen LogP contribution in [0.2, 0.25) is 0 Å². The number of hydrogen-bond acceptors (Lipinski definition) is 5. The Hall–Kier alpha value is -2.32. The number of benzene rings is 1. The molecular formula is C20H26N4O3S.